The van der Waals surface area contributed by atoms with Gasteiger partial charge in [-0.05, 0) is 33.2 Å². The minimum atomic E-state index is -0.483. The van der Waals surface area contributed by atoms with Gasteiger partial charge in [0.25, 0.3) is 0 Å². The van der Waals surface area contributed by atoms with Crippen molar-refractivity contribution >= 4 is 0 Å². The molecule has 1 aromatic carbocycles. The van der Waals surface area contributed by atoms with E-state index < -0.39 is 11.6 Å². The highest BCUT2D eigenvalue weighted by atomic mass is 19.1. The predicted octanol–water partition coefficient (Wildman–Crippen LogP) is 2.18. The maximum atomic E-state index is 13.5. The first-order valence-electron chi connectivity index (χ1n) is 5.36. The number of benzene rings is 1. The number of likely N-dealkylation sites (N-methyl/N-ethyl adjacent to an activating group) is 2. The van der Waals surface area contributed by atoms with E-state index in [1.54, 1.807) is 6.92 Å². The van der Waals surface area contributed by atoms with Gasteiger partial charge in [0.05, 0.1) is 0 Å². The number of rotatable bonds is 5. The van der Waals surface area contributed by atoms with Gasteiger partial charge in [0.2, 0.25) is 0 Å². The monoisotopic (exact) mass is 228 g/mol. The zero-order chi connectivity index (χ0) is 12.1. The Morgan fingerprint density at radius 3 is 2.38 bits per heavy atom. The number of nitrogens with one attached hydrogen (secondary N) is 1. The van der Waals surface area contributed by atoms with E-state index in [2.05, 4.69) is 5.32 Å². The normalized spacial score (nSPS) is 13.1. The molecule has 0 spiro atoms. The summed E-state index contributed by atoms with van der Waals surface area (Å²) >= 11 is 0. The molecule has 0 radical (unpaired) electrons. The van der Waals surface area contributed by atoms with Gasteiger partial charge in [-0.15, -0.1) is 0 Å². The van der Waals surface area contributed by atoms with Gasteiger partial charge in [-0.2, -0.15) is 0 Å². The maximum absolute atomic E-state index is 13.5. The fraction of sp³-hybridized carbons (Fsp3) is 0.500. The molecule has 0 amide bonds. The molecular formula is C12H18F2N2. The maximum Gasteiger partial charge on any atom is 0.130 e. The standard InChI is InChI=1S/C12H18F2N2/c1-9(16(3)8-7-15-2)12-10(13)5-4-6-11(12)14/h4-6,9,15H,7-8H2,1-3H3. The topological polar surface area (TPSA) is 15.3 Å². The lowest BCUT2D eigenvalue weighted by molar-refractivity contribution is 0.252. The van der Waals surface area contributed by atoms with Crippen LogP contribution in [-0.4, -0.2) is 32.1 Å². The van der Waals surface area contributed by atoms with E-state index in [4.69, 9.17) is 0 Å². The summed E-state index contributed by atoms with van der Waals surface area (Å²) in [5, 5.41) is 3.01. The fourth-order valence-electron chi connectivity index (χ4n) is 1.61. The van der Waals surface area contributed by atoms with Crippen LogP contribution in [0.3, 0.4) is 0 Å². The van der Waals surface area contributed by atoms with Crippen molar-refractivity contribution < 1.29 is 8.78 Å². The molecular weight excluding hydrogens is 210 g/mol. The fourth-order valence-corrected chi connectivity index (χ4v) is 1.61. The molecule has 0 fully saturated rings. The lowest BCUT2D eigenvalue weighted by Gasteiger charge is -2.25. The average Bonchev–Trinajstić information content (AvgIpc) is 2.25. The number of hydrogen-bond donors (Lipinski definition) is 1. The second-order valence-electron chi connectivity index (χ2n) is 3.90. The van der Waals surface area contributed by atoms with Crippen LogP contribution in [0.4, 0.5) is 8.78 Å². The third kappa shape index (κ3) is 3.00. The molecule has 0 saturated heterocycles. The summed E-state index contributed by atoms with van der Waals surface area (Å²) < 4.78 is 27.0. The molecule has 90 valence electrons. The minimum absolute atomic E-state index is 0.140. The van der Waals surface area contributed by atoms with Crippen LogP contribution in [0.15, 0.2) is 18.2 Å². The summed E-state index contributed by atoms with van der Waals surface area (Å²) in [4.78, 5) is 1.91. The van der Waals surface area contributed by atoms with Gasteiger partial charge >= 0.3 is 0 Å². The third-order valence-electron chi connectivity index (χ3n) is 2.79. The Morgan fingerprint density at radius 1 is 1.31 bits per heavy atom. The Labute approximate surface area is 95.3 Å². The highest BCUT2D eigenvalue weighted by Crippen LogP contribution is 2.24. The molecule has 1 N–H and O–H groups in total. The van der Waals surface area contributed by atoms with Crippen molar-refractivity contribution in [2.24, 2.45) is 0 Å². The molecule has 0 aliphatic carbocycles. The quantitative estimate of drug-likeness (QED) is 0.831. The Hall–Kier alpha value is -1.00. The largest absolute Gasteiger partial charge is 0.318 e. The molecule has 0 aromatic heterocycles. The summed E-state index contributed by atoms with van der Waals surface area (Å²) in [6.07, 6.45) is 0. The van der Waals surface area contributed by atoms with Crippen LogP contribution in [0.25, 0.3) is 0 Å². The van der Waals surface area contributed by atoms with E-state index in [-0.39, 0.29) is 11.6 Å². The van der Waals surface area contributed by atoms with Crippen molar-refractivity contribution in [3.05, 3.63) is 35.4 Å². The van der Waals surface area contributed by atoms with Crippen LogP contribution in [0.2, 0.25) is 0 Å². The molecule has 1 atom stereocenters. The first-order valence-corrected chi connectivity index (χ1v) is 5.36. The Kier molecular flexibility index (Phi) is 4.83. The Bertz CT molecular complexity index is 322. The molecule has 0 aliphatic heterocycles. The van der Waals surface area contributed by atoms with Gasteiger partial charge < -0.3 is 5.32 Å². The Balaban J connectivity index is 2.82. The van der Waals surface area contributed by atoms with E-state index in [0.29, 0.717) is 0 Å². The molecule has 0 saturated carbocycles. The minimum Gasteiger partial charge on any atom is -0.318 e. The highest BCUT2D eigenvalue weighted by molar-refractivity contribution is 5.22. The highest BCUT2D eigenvalue weighted by Gasteiger charge is 2.19. The van der Waals surface area contributed by atoms with Crippen LogP contribution >= 0.6 is 0 Å². The van der Waals surface area contributed by atoms with Crippen LogP contribution in [0.5, 0.6) is 0 Å². The number of hydrogen-bond acceptors (Lipinski definition) is 2. The van der Waals surface area contributed by atoms with Crippen molar-refractivity contribution in [2.75, 3.05) is 27.2 Å². The van der Waals surface area contributed by atoms with Crippen molar-refractivity contribution in [2.45, 2.75) is 13.0 Å². The van der Waals surface area contributed by atoms with E-state index in [9.17, 15) is 8.78 Å². The summed E-state index contributed by atoms with van der Waals surface area (Å²) in [5.41, 5.74) is 0.140. The van der Waals surface area contributed by atoms with Gasteiger partial charge in [-0.25, -0.2) is 8.78 Å². The Morgan fingerprint density at radius 2 is 1.88 bits per heavy atom. The summed E-state index contributed by atoms with van der Waals surface area (Å²) in [5.74, 6) is -0.965. The number of halogens is 2. The lowest BCUT2D eigenvalue weighted by atomic mass is 10.1. The molecule has 1 rings (SSSR count). The van der Waals surface area contributed by atoms with E-state index in [1.807, 2.05) is 19.0 Å². The average molecular weight is 228 g/mol. The molecule has 1 aromatic rings. The van der Waals surface area contributed by atoms with E-state index in [1.165, 1.54) is 18.2 Å². The van der Waals surface area contributed by atoms with Crippen LogP contribution in [0.1, 0.15) is 18.5 Å². The van der Waals surface area contributed by atoms with Crippen molar-refractivity contribution in [1.29, 1.82) is 0 Å². The molecule has 0 heterocycles. The molecule has 2 nitrogen and oxygen atoms in total. The second kappa shape index (κ2) is 5.92. The first kappa shape index (κ1) is 13.1. The third-order valence-corrected chi connectivity index (χ3v) is 2.79. The van der Waals surface area contributed by atoms with Crippen LogP contribution in [-0.2, 0) is 0 Å². The second-order valence-corrected chi connectivity index (χ2v) is 3.90. The molecule has 0 bridgehead atoms. The predicted molar refractivity (Wildman–Crippen MR) is 61.3 cm³/mol. The summed E-state index contributed by atoms with van der Waals surface area (Å²) in [6.45, 7) is 3.33. The van der Waals surface area contributed by atoms with Crippen molar-refractivity contribution in [3.63, 3.8) is 0 Å². The van der Waals surface area contributed by atoms with Gasteiger partial charge in [0, 0.05) is 24.7 Å². The van der Waals surface area contributed by atoms with Crippen molar-refractivity contribution in [1.82, 2.24) is 10.2 Å². The molecule has 4 heteroatoms. The van der Waals surface area contributed by atoms with Gasteiger partial charge in [0.15, 0.2) is 0 Å². The van der Waals surface area contributed by atoms with Gasteiger partial charge in [-0.1, -0.05) is 6.07 Å². The SMILES string of the molecule is CNCCN(C)C(C)c1c(F)cccc1F. The van der Waals surface area contributed by atoms with Crippen molar-refractivity contribution in [3.8, 4) is 0 Å². The van der Waals surface area contributed by atoms with E-state index in [0.717, 1.165) is 13.1 Å². The van der Waals surface area contributed by atoms with Gasteiger partial charge in [-0.3, -0.25) is 4.90 Å². The molecule has 16 heavy (non-hydrogen) atoms. The molecule has 1 unspecified atom stereocenters. The van der Waals surface area contributed by atoms with Crippen LogP contribution in [0, 0.1) is 11.6 Å². The lowest BCUT2D eigenvalue weighted by Crippen LogP contribution is -2.30. The molecule has 0 aliphatic rings. The van der Waals surface area contributed by atoms with Crippen LogP contribution < -0.4 is 5.32 Å². The number of nitrogens with zero attached hydrogens (tertiary/aromatic N) is 1. The zero-order valence-electron chi connectivity index (χ0n) is 9.93. The smallest absolute Gasteiger partial charge is 0.130 e. The van der Waals surface area contributed by atoms with E-state index >= 15 is 0 Å². The zero-order valence-corrected chi connectivity index (χ0v) is 9.93. The summed E-state index contributed by atoms with van der Waals surface area (Å²) in [7, 11) is 3.70. The van der Waals surface area contributed by atoms with Gasteiger partial charge in [0.1, 0.15) is 11.6 Å². The first-order chi connectivity index (χ1) is 7.57. The summed E-state index contributed by atoms with van der Waals surface area (Å²) in [6, 6.07) is 3.70.